The van der Waals surface area contributed by atoms with Crippen LogP contribution in [0.15, 0.2) is 23.4 Å². The Morgan fingerprint density at radius 1 is 1.28 bits per heavy atom. The van der Waals surface area contributed by atoms with Crippen molar-refractivity contribution in [3.8, 4) is 5.88 Å². The maximum atomic E-state index is 6.23. The largest absolute Gasteiger partial charge is 0.476 e. The van der Waals surface area contributed by atoms with Crippen LogP contribution in [0.2, 0.25) is 10.0 Å². The predicted molar refractivity (Wildman–Crippen MR) is 106 cm³/mol. The number of fused-ring (bicyclic) bond motifs is 1. The number of nitrogens with zero attached hydrogens (tertiary/aromatic N) is 2. The van der Waals surface area contributed by atoms with Crippen molar-refractivity contribution in [2.75, 3.05) is 24.7 Å². The molecule has 25 heavy (non-hydrogen) atoms. The van der Waals surface area contributed by atoms with Crippen LogP contribution in [0.25, 0.3) is 0 Å². The summed E-state index contributed by atoms with van der Waals surface area (Å²) in [5.41, 5.74) is 1.89. The van der Waals surface area contributed by atoms with Gasteiger partial charge in [0.2, 0.25) is 5.88 Å². The number of hydrogen-bond donors (Lipinski definition) is 2. The van der Waals surface area contributed by atoms with E-state index in [1.54, 1.807) is 6.07 Å². The summed E-state index contributed by atoms with van der Waals surface area (Å²) in [7, 11) is 0. The molecule has 0 saturated carbocycles. The molecule has 3 rings (SSSR count). The highest BCUT2D eigenvalue weighted by atomic mass is 35.5. The van der Waals surface area contributed by atoms with Gasteiger partial charge < -0.3 is 15.4 Å². The quantitative estimate of drug-likeness (QED) is 0.576. The zero-order valence-corrected chi connectivity index (χ0v) is 16.9. The Morgan fingerprint density at radius 2 is 2.08 bits per heavy atom. The number of ether oxygens (including phenoxy) is 1. The zero-order valence-electron chi connectivity index (χ0n) is 14.5. The van der Waals surface area contributed by atoms with Gasteiger partial charge in [-0.15, -0.1) is 0 Å². The van der Waals surface area contributed by atoms with E-state index in [0.29, 0.717) is 40.8 Å². The van der Waals surface area contributed by atoms with Crippen LogP contribution in [-0.2, 0) is 13.1 Å². The fourth-order valence-electron chi connectivity index (χ4n) is 2.24. The second-order valence-electron chi connectivity index (χ2n) is 4.96. The van der Waals surface area contributed by atoms with Crippen molar-refractivity contribution < 1.29 is 4.74 Å². The van der Waals surface area contributed by atoms with Gasteiger partial charge in [-0.05, 0) is 24.0 Å². The molecule has 1 aromatic heterocycles. The molecule has 2 N–H and O–H groups in total. The Morgan fingerprint density at radius 3 is 2.80 bits per heavy atom. The highest BCUT2D eigenvalue weighted by molar-refractivity contribution is 7.98. The summed E-state index contributed by atoms with van der Waals surface area (Å²) >= 11 is 13.6. The highest BCUT2D eigenvalue weighted by Crippen LogP contribution is 2.28. The second kappa shape index (κ2) is 10.1. The Hall–Kier alpha value is -1.21. The van der Waals surface area contributed by atoms with Crippen molar-refractivity contribution in [1.82, 2.24) is 15.3 Å². The number of benzene rings is 1. The van der Waals surface area contributed by atoms with Crippen LogP contribution in [0.3, 0.4) is 0 Å². The van der Waals surface area contributed by atoms with Crippen LogP contribution < -0.4 is 15.4 Å². The van der Waals surface area contributed by atoms with Gasteiger partial charge in [0.25, 0.3) is 0 Å². The minimum atomic E-state index is 0.549. The third-order valence-electron chi connectivity index (χ3n) is 3.41. The van der Waals surface area contributed by atoms with E-state index in [0.717, 1.165) is 23.5 Å². The smallest absolute Gasteiger partial charge is 0.224 e. The Labute approximate surface area is 162 Å². The molecule has 0 amide bonds. The summed E-state index contributed by atoms with van der Waals surface area (Å²) < 4.78 is 5.71. The second-order valence-corrected chi connectivity index (χ2v) is 6.57. The first-order valence-corrected chi connectivity index (χ1v) is 10.1. The molecular formula is C17H22Cl2N4OS. The van der Waals surface area contributed by atoms with Gasteiger partial charge in [-0.1, -0.05) is 54.9 Å². The third kappa shape index (κ3) is 5.38. The maximum Gasteiger partial charge on any atom is 0.224 e. The molecule has 136 valence electrons. The van der Waals surface area contributed by atoms with Crippen LogP contribution in [0.5, 0.6) is 5.88 Å². The van der Waals surface area contributed by atoms with Gasteiger partial charge in [0.05, 0.1) is 5.56 Å². The van der Waals surface area contributed by atoms with Gasteiger partial charge in [0.15, 0.2) is 5.16 Å². The van der Waals surface area contributed by atoms with Crippen molar-refractivity contribution in [2.24, 2.45) is 0 Å². The summed E-state index contributed by atoms with van der Waals surface area (Å²) in [6.45, 7) is 6.60. The number of hydrogen-bond acceptors (Lipinski definition) is 6. The monoisotopic (exact) mass is 400 g/mol. The van der Waals surface area contributed by atoms with Crippen LogP contribution in [-0.4, -0.2) is 29.4 Å². The van der Waals surface area contributed by atoms with Crippen LogP contribution in [0.1, 0.15) is 25.0 Å². The number of thioether (sulfide) groups is 1. The minimum absolute atomic E-state index is 0.549. The van der Waals surface area contributed by atoms with E-state index in [-0.39, 0.29) is 0 Å². The maximum absolute atomic E-state index is 6.23. The SMILES string of the molecule is CC.CSc1nc(NCc2ccc(Cl)cc2Cl)c2c(n1)OCCNC2. The molecule has 2 aromatic rings. The van der Waals surface area contributed by atoms with Gasteiger partial charge in [-0.25, -0.2) is 4.98 Å². The van der Waals surface area contributed by atoms with Crippen LogP contribution in [0.4, 0.5) is 5.82 Å². The number of halogens is 2. The number of rotatable bonds is 4. The molecule has 5 nitrogen and oxygen atoms in total. The number of nitrogens with one attached hydrogen (secondary N) is 2. The summed E-state index contributed by atoms with van der Waals surface area (Å²) in [5.74, 6) is 1.40. The fourth-order valence-corrected chi connectivity index (χ4v) is 3.07. The average Bonchev–Trinajstić information content (AvgIpc) is 2.87. The molecule has 0 saturated heterocycles. The van der Waals surface area contributed by atoms with E-state index >= 15 is 0 Å². The Balaban J connectivity index is 0.00000109. The minimum Gasteiger partial charge on any atom is -0.476 e. The molecular weight excluding hydrogens is 379 g/mol. The average molecular weight is 401 g/mol. The number of anilines is 1. The first kappa shape index (κ1) is 20.1. The van der Waals surface area contributed by atoms with Gasteiger partial charge in [-0.2, -0.15) is 4.98 Å². The standard InChI is InChI=1S/C15H16Cl2N4OS.C2H6/c1-23-15-20-13(11-8-18-4-5-22-14(11)21-15)19-7-9-2-3-10(16)6-12(9)17;1-2/h2-3,6,18H,4-5,7-8H2,1H3,(H,19,20,21);1-2H3. The predicted octanol–water partition coefficient (Wildman–Crippen LogP) is 4.63. The molecule has 0 unspecified atom stereocenters. The third-order valence-corrected chi connectivity index (χ3v) is 4.55. The number of aromatic nitrogens is 2. The van der Waals surface area contributed by atoms with E-state index < -0.39 is 0 Å². The van der Waals surface area contributed by atoms with E-state index in [4.69, 9.17) is 27.9 Å². The highest BCUT2D eigenvalue weighted by Gasteiger charge is 2.18. The molecule has 1 aromatic carbocycles. The first-order valence-electron chi connectivity index (χ1n) is 8.13. The van der Waals surface area contributed by atoms with E-state index in [9.17, 15) is 0 Å². The lowest BCUT2D eigenvalue weighted by atomic mass is 10.2. The molecule has 0 spiro atoms. The van der Waals surface area contributed by atoms with Crippen molar-refractivity contribution in [3.63, 3.8) is 0 Å². The first-order chi connectivity index (χ1) is 12.2. The lowest BCUT2D eigenvalue weighted by Gasteiger charge is -2.14. The van der Waals surface area contributed by atoms with Crippen molar-refractivity contribution >= 4 is 40.8 Å². The van der Waals surface area contributed by atoms with Crippen molar-refractivity contribution in [1.29, 1.82) is 0 Å². The fraction of sp³-hybridized carbons (Fsp3) is 0.412. The molecule has 1 aliphatic rings. The zero-order chi connectivity index (χ0) is 18.2. The van der Waals surface area contributed by atoms with Crippen molar-refractivity contribution in [3.05, 3.63) is 39.4 Å². The van der Waals surface area contributed by atoms with E-state index in [1.807, 2.05) is 32.2 Å². The van der Waals surface area contributed by atoms with Gasteiger partial charge >= 0.3 is 0 Å². The summed E-state index contributed by atoms with van der Waals surface area (Å²) in [5, 5.41) is 8.57. The molecule has 0 atom stereocenters. The molecule has 1 aliphatic heterocycles. The Kier molecular flexibility index (Phi) is 8.09. The normalized spacial score (nSPS) is 13.0. The van der Waals surface area contributed by atoms with Gasteiger partial charge in [-0.3, -0.25) is 0 Å². The van der Waals surface area contributed by atoms with Crippen molar-refractivity contribution in [2.45, 2.75) is 32.1 Å². The molecule has 0 bridgehead atoms. The lowest BCUT2D eigenvalue weighted by molar-refractivity contribution is 0.311. The molecule has 0 radical (unpaired) electrons. The summed E-state index contributed by atoms with van der Waals surface area (Å²) in [6, 6.07) is 5.46. The molecule has 0 aliphatic carbocycles. The summed E-state index contributed by atoms with van der Waals surface area (Å²) in [4.78, 5) is 9.00. The van der Waals surface area contributed by atoms with Gasteiger partial charge in [0, 0.05) is 29.7 Å². The van der Waals surface area contributed by atoms with Crippen LogP contribution >= 0.6 is 35.0 Å². The molecule has 8 heteroatoms. The lowest BCUT2D eigenvalue weighted by Crippen LogP contribution is -2.17. The summed E-state index contributed by atoms with van der Waals surface area (Å²) in [6.07, 6.45) is 1.94. The van der Waals surface area contributed by atoms with Gasteiger partial charge in [0.1, 0.15) is 12.4 Å². The van der Waals surface area contributed by atoms with E-state index in [1.165, 1.54) is 11.8 Å². The molecule has 2 heterocycles. The molecule has 0 fully saturated rings. The van der Waals surface area contributed by atoms with Crippen LogP contribution in [0, 0.1) is 0 Å². The Bertz CT molecular complexity index is 715. The van der Waals surface area contributed by atoms with E-state index in [2.05, 4.69) is 20.6 Å². The topological polar surface area (TPSA) is 59.1 Å².